The van der Waals surface area contributed by atoms with Gasteiger partial charge in [-0.15, -0.1) is 12.4 Å². The minimum Gasteiger partial charge on any atom is -0.480 e. The Bertz CT molecular complexity index is 498. The summed E-state index contributed by atoms with van der Waals surface area (Å²) < 4.78 is 0. The Labute approximate surface area is 111 Å². The molecule has 1 aliphatic carbocycles. The van der Waals surface area contributed by atoms with Gasteiger partial charge in [-0.05, 0) is 23.3 Å². The van der Waals surface area contributed by atoms with E-state index in [9.17, 15) is 9.90 Å². The van der Waals surface area contributed by atoms with Crippen LogP contribution >= 0.6 is 12.4 Å². The third-order valence-electron chi connectivity index (χ3n) is 2.84. The molecule has 1 aromatic carbocycles. The fourth-order valence-electron chi connectivity index (χ4n) is 1.71. The van der Waals surface area contributed by atoms with Gasteiger partial charge in [0, 0.05) is 0 Å². The second kappa shape index (κ2) is 5.35. The molecule has 4 nitrogen and oxygen atoms in total. The highest BCUT2D eigenvalue weighted by Gasteiger charge is 2.40. The number of benzene rings is 1. The lowest BCUT2D eigenvalue weighted by Crippen LogP contribution is -2.56. The molecule has 18 heavy (non-hydrogen) atoms. The molecule has 2 rings (SSSR count). The van der Waals surface area contributed by atoms with Gasteiger partial charge in [0.25, 0.3) is 0 Å². The number of carboxylic acids is 1. The van der Waals surface area contributed by atoms with E-state index in [0.29, 0.717) is 0 Å². The van der Waals surface area contributed by atoms with Gasteiger partial charge < -0.3 is 15.9 Å². The molecule has 0 heterocycles. The van der Waals surface area contributed by atoms with E-state index in [1.54, 1.807) is 6.08 Å². The summed E-state index contributed by atoms with van der Waals surface area (Å²) in [5.41, 5.74) is 5.54. The fourth-order valence-corrected chi connectivity index (χ4v) is 1.71. The summed E-state index contributed by atoms with van der Waals surface area (Å²) >= 11 is 0. The average Bonchev–Trinajstić information content (AvgIpc) is 2.33. The Morgan fingerprint density at radius 2 is 1.89 bits per heavy atom. The SMILES string of the molecule is Cl.NC1(C(=O)O)C=CC(c2ccccc2)=CC1O. The molecular weight excluding hydrogens is 254 g/mol. The fraction of sp³-hybridized carbons (Fsp3) is 0.154. The molecule has 2 unspecified atom stereocenters. The first-order valence-electron chi connectivity index (χ1n) is 5.21. The third-order valence-corrected chi connectivity index (χ3v) is 2.84. The summed E-state index contributed by atoms with van der Waals surface area (Å²) in [6.07, 6.45) is 3.17. The van der Waals surface area contributed by atoms with Crippen LogP contribution in [0.4, 0.5) is 0 Å². The Hall–Kier alpha value is -1.62. The predicted octanol–water partition coefficient (Wildman–Crippen LogP) is 1.20. The number of hydrogen-bond acceptors (Lipinski definition) is 3. The number of nitrogens with two attached hydrogens (primary N) is 1. The summed E-state index contributed by atoms with van der Waals surface area (Å²) in [4.78, 5) is 11.0. The second-order valence-electron chi connectivity index (χ2n) is 4.00. The zero-order valence-electron chi connectivity index (χ0n) is 9.48. The zero-order valence-corrected chi connectivity index (χ0v) is 10.3. The van der Waals surface area contributed by atoms with Crippen LogP contribution in [-0.2, 0) is 4.79 Å². The number of allylic oxidation sites excluding steroid dienone is 2. The van der Waals surface area contributed by atoms with Gasteiger partial charge in [0.1, 0.15) is 6.10 Å². The van der Waals surface area contributed by atoms with Gasteiger partial charge in [0.15, 0.2) is 5.54 Å². The molecule has 96 valence electrons. The van der Waals surface area contributed by atoms with Crippen LogP contribution in [0.1, 0.15) is 5.56 Å². The first-order chi connectivity index (χ1) is 8.04. The highest BCUT2D eigenvalue weighted by Crippen LogP contribution is 2.25. The van der Waals surface area contributed by atoms with E-state index in [0.717, 1.165) is 11.1 Å². The van der Waals surface area contributed by atoms with E-state index in [2.05, 4.69) is 0 Å². The highest BCUT2D eigenvalue weighted by molar-refractivity contribution is 5.87. The maximum atomic E-state index is 11.0. The van der Waals surface area contributed by atoms with Gasteiger partial charge >= 0.3 is 5.97 Å². The number of aliphatic hydroxyl groups is 1. The third kappa shape index (κ3) is 2.46. The predicted molar refractivity (Wildman–Crippen MR) is 71.4 cm³/mol. The molecule has 0 aliphatic heterocycles. The van der Waals surface area contributed by atoms with Crippen molar-refractivity contribution < 1.29 is 15.0 Å². The second-order valence-corrected chi connectivity index (χ2v) is 4.00. The molecule has 0 amide bonds. The number of rotatable bonds is 2. The first-order valence-corrected chi connectivity index (χ1v) is 5.21. The van der Waals surface area contributed by atoms with Crippen LogP contribution in [0.15, 0.2) is 48.6 Å². The number of halogens is 1. The smallest absolute Gasteiger partial charge is 0.330 e. The minimum absolute atomic E-state index is 0. The van der Waals surface area contributed by atoms with Gasteiger partial charge in [-0.25, -0.2) is 4.79 Å². The summed E-state index contributed by atoms with van der Waals surface area (Å²) in [5.74, 6) is -1.25. The van der Waals surface area contributed by atoms with Crippen LogP contribution in [0.5, 0.6) is 0 Å². The van der Waals surface area contributed by atoms with E-state index < -0.39 is 17.6 Å². The summed E-state index contributed by atoms with van der Waals surface area (Å²) in [6.45, 7) is 0. The number of hydrogen-bond donors (Lipinski definition) is 3. The molecule has 0 spiro atoms. The summed E-state index contributed by atoms with van der Waals surface area (Å²) in [7, 11) is 0. The average molecular weight is 268 g/mol. The normalized spacial score (nSPS) is 26.1. The van der Waals surface area contributed by atoms with Crippen LogP contribution in [-0.4, -0.2) is 27.8 Å². The summed E-state index contributed by atoms with van der Waals surface area (Å²) in [5, 5.41) is 18.8. The topological polar surface area (TPSA) is 83.6 Å². The largest absolute Gasteiger partial charge is 0.480 e. The zero-order chi connectivity index (χ0) is 12.5. The lowest BCUT2D eigenvalue weighted by atomic mass is 9.85. The van der Waals surface area contributed by atoms with Crippen molar-refractivity contribution in [2.24, 2.45) is 5.73 Å². The van der Waals surface area contributed by atoms with Gasteiger partial charge in [-0.1, -0.05) is 36.4 Å². The van der Waals surface area contributed by atoms with Gasteiger partial charge in [-0.2, -0.15) is 0 Å². The van der Waals surface area contributed by atoms with Crippen molar-refractivity contribution in [1.82, 2.24) is 0 Å². The van der Waals surface area contributed by atoms with Gasteiger partial charge in [0.05, 0.1) is 0 Å². The molecule has 4 N–H and O–H groups in total. The molecule has 0 bridgehead atoms. The highest BCUT2D eigenvalue weighted by atomic mass is 35.5. The van der Waals surface area contributed by atoms with Gasteiger partial charge in [0.2, 0.25) is 0 Å². The molecular formula is C13H14ClNO3. The van der Waals surface area contributed by atoms with Crippen molar-refractivity contribution in [1.29, 1.82) is 0 Å². The molecule has 2 atom stereocenters. The Balaban J connectivity index is 0.00000162. The van der Waals surface area contributed by atoms with E-state index >= 15 is 0 Å². The number of aliphatic hydroxyl groups excluding tert-OH is 1. The first kappa shape index (κ1) is 14.4. The maximum Gasteiger partial charge on any atom is 0.330 e. The lowest BCUT2D eigenvalue weighted by Gasteiger charge is -2.28. The van der Waals surface area contributed by atoms with E-state index in [1.807, 2.05) is 30.3 Å². The molecule has 5 heteroatoms. The quantitative estimate of drug-likeness (QED) is 0.752. The van der Waals surface area contributed by atoms with Crippen molar-refractivity contribution in [2.45, 2.75) is 11.6 Å². The number of aliphatic carboxylic acids is 1. The van der Waals surface area contributed by atoms with Crippen molar-refractivity contribution in [2.75, 3.05) is 0 Å². The standard InChI is InChI=1S/C13H13NO3.ClH/c14-13(12(16)17)7-6-10(8-11(13)15)9-4-2-1-3-5-9;/h1-8,11,15H,14H2,(H,16,17);1H. The van der Waals surface area contributed by atoms with E-state index in [-0.39, 0.29) is 12.4 Å². The molecule has 0 radical (unpaired) electrons. The Morgan fingerprint density at radius 1 is 1.28 bits per heavy atom. The molecule has 0 aromatic heterocycles. The van der Waals surface area contributed by atoms with Crippen molar-refractivity contribution in [3.63, 3.8) is 0 Å². The molecule has 1 aliphatic rings. The Kier molecular flexibility index (Phi) is 4.29. The van der Waals surface area contributed by atoms with Crippen LogP contribution in [0.2, 0.25) is 0 Å². The van der Waals surface area contributed by atoms with Crippen molar-refractivity contribution in [3.8, 4) is 0 Å². The van der Waals surface area contributed by atoms with Gasteiger partial charge in [-0.3, -0.25) is 0 Å². The van der Waals surface area contributed by atoms with E-state index in [1.165, 1.54) is 12.2 Å². The monoisotopic (exact) mass is 267 g/mol. The van der Waals surface area contributed by atoms with Crippen molar-refractivity contribution in [3.05, 3.63) is 54.1 Å². The molecule has 1 aromatic rings. The van der Waals surface area contributed by atoms with E-state index in [4.69, 9.17) is 10.8 Å². The summed E-state index contributed by atoms with van der Waals surface area (Å²) in [6, 6.07) is 9.40. The lowest BCUT2D eigenvalue weighted by molar-refractivity contribution is -0.144. The molecule has 0 fully saturated rings. The Morgan fingerprint density at radius 3 is 2.39 bits per heavy atom. The van der Waals surface area contributed by atoms with Crippen LogP contribution in [0.25, 0.3) is 5.57 Å². The minimum atomic E-state index is -1.74. The number of carboxylic acid groups (broad SMARTS) is 1. The molecule has 0 saturated carbocycles. The maximum absolute atomic E-state index is 11.0. The molecule has 0 saturated heterocycles. The van der Waals surface area contributed by atoms with Crippen LogP contribution < -0.4 is 5.73 Å². The van der Waals surface area contributed by atoms with Crippen LogP contribution in [0.3, 0.4) is 0 Å². The number of carbonyl (C=O) groups is 1. The van der Waals surface area contributed by atoms with Crippen LogP contribution in [0, 0.1) is 0 Å². The van der Waals surface area contributed by atoms with Crippen molar-refractivity contribution >= 4 is 23.9 Å².